The van der Waals surface area contributed by atoms with E-state index >= 15 is 0 Å². The van der Waals surface area contributed by atoms with Crippen LogP contribution in [0.25, 0.3) is 0 Å². The number of aryl methyl sites for hydroxylation is 1. The molecular formula is C18H24N2O4. The number of likely N-dealkylation sites (N-methyl/N-ethyl adjacent to an activating group) is 1. The SMILES string of the molecule is CN(CC(=O)O)[C@H]1CN(C(=O)[C@H]2CCCc3ccccc32)C[C@H]1O. The van der Waals surface area contributed by atoms with Crippen LogP contribution in [0.3, 0.4) is 0 Å². The fourth-order valence-corrected chi connectivity index (χ4v) is 3.94. The number of carboxylic acid groups (broad SMARTS) is 1. The van der Waals surface area contributed by atoms with Crippen LogP contribution >= 0.6 is 0 Å². The van der Waals surface area contributed by atoms with Crippen molar-refractivity contribution in [3.05, 3.63) is 35.4 Å². The van der Waals surface area contributed by atoms with E-state index in [9.17, 15) is 14.7 Å². The normalized spacial score (nSPS) is 26.5. The smallest absolute Gasteiger partial charge is 0.317 e. The maximum absolute atomic E-state index is 13.0. The molecule has 0 radical (unpaired) electrons. The number of fused-ring (bicyclic) bond motifs is 1. The summed E-state index contributed by atoms with van der Waals surface area (Å²) in [5.74, 6) is -1.03. The Balaban J connectivity index is 1.72. The maximum Gasteiger partial charge on any atom is 0.317 e. The lowest BCUT2D eigenvalue weighted by atomic mass is 9.82. The molecule has 1 aromatic carbocycles. The molecule has 1 aliphatic carbocycles. The second-order valence-electron chi connectivity index (χ2n) is 6.83. The van der Waals surface area contributed by atoms with Crippen molar-refractivity contribution in [3.63, 3.8) is 0 Å². The summed E-state index contributed by atoms with van der Waals surface area (Å²) >= 11 is 0. The van der Waals surface area contributed by atoms with Gasteiger partial charge in [0.15, 0.2) is 0 Å². The molecule has 1 aromatic rings. The summed E-state index contributed by atoms with van der Waals surface area (Å²) in [6.07, 6.45) is 2.12. The van der Waals surface area contributed by atoms with Crippen LogP contribution in [0.15, 0.2) is 24.3 Å². The second-order valence-corrected chi connectivity index (χ2v) is 6.83. The van der Waals surface area contributed by atoms with Crippen molar-refractivity contribution in [1.82, 2.24) is 9.80 Å². The van der Waals surface area contributed by atoms with Gasteiger partial charge in [-0.1, -0.05) is 24.3 Å². The number of benzene rings is 1. The van der Waals surface area contributed by atoms with Crippen LogP contribution < -0.4 is 0 Å². The van der Waals surface area contributed by atoms with Crippen molar-refractivity contribution in [1.29, 1.82) is 0 Å². The van der Waals surface area contributed by atoms with Gasteiger partial charge in [-0.15, -0.1) is 0 Å². The zero-order valence-corrected chi connectivity index (χ0v) is 13.9. The van der Waals surface area contributed by atoms with Gasteiger partial charge in [-0.25, -0.2) is 0 Å². The van der Waals surface area contributed by atoms with Crippen molar-refractivity contribution in [2.75, 3.05) is 26.7 Å². The molecule has 2 N–H and O–H groups in total. The van der Waals surface area contributed by atoms with Crippen molar-refractivity contribution >= 4 is 11.9 Å². The molecule has 1 aliphatic heterocycles. The molecule has 6 nitrogen and oxygen atoms in total. The number of β-amino-alcohol motifs (C(OH)–C–C–N with tert-alkyl or cyclic N) is 1. The van der Waals surface area contributed by atoms with E-state index in [2.05, 4.69) is 6.07 Å². The van der Waals surface area contributed by atoms with Crippen LogP contribution in [0, 0.1) is 0 Å². The number of hydrogen-bond donors (Lipinski definition) is 2. The Morgan fingerprint density at radius 2 is 2.04 bits per heavy atom. The van der Waals surface area contributed by atoms with Gasteiger partial charge in [-0.3, -0.25) is 14.5 Å². The summed E-state index contributed by atoms with van der Waals surface area (Å²) in [6, 6.07) is 7.74. The molecule has 0 spiro atoms. The average molecular weight is 332 g/mol. The number of aliphatic hydroxyl groups excluding tert-OH is 1. The van der Waals surface area contributed by atoms with E-state index in [-0.39, 0.29) is 31.0 Å². The van der Waals surface area contributed by atoms with E-state index in [1.54, 1.807) is 16.8 Å². The fourth-order valence-electron chi connectivity index (χ4n) is 3.94. The zero-order valence-electron chi connectivity index (χ0n) is 13.9. The van der Waals surface area contributed by atoms with Gasteiger partial charge in [0.05, 0.1) is 24.6 Å². The lowest BCUT2D eigenvalue weighted by Crippen LogP contribution is -2.43. The van der Waals surface area contributed by atoms with E-state index < -0.39 is 12.1 Å². The Bertz CT molecular complexity index is 633. The third-order valence-electron chi connectivity index (χ3n) is 5.19. The van der Waals surface area contributed by atoms with Gasteiger partial charge >= 0.3 is 5.97 Å². The van der Waals surface area contributed by atoms with Crippen LogP contribution in [-0.4, -0.2) is 70.7 Å². The van der Waals surface area contributed by atoms with E-state index in [1.165, 1.54) is 5.56 Å². The highest BCUT2D eigenvalue weighted by Gasteiger charge is 2.39. The average Bonchev–Trinajstić information content (AvgIpc) is 2.95. The standard InChI is InChI=1S/C18H24N2O4/c1-19(11-17(22)23)15-9-20(10-16(15)21)18(24)14-8-4-6-12-5-2-3-7-13(12)14/h2-3,5,7,14-16,21H,4,6,8-11H2,1H3,(H,22,23)/t14-,15-,16+/m0/s1. The summed E-state index contributed by atoms with van der Waals surface area (Å²) in [7, 11) is 1.67. The minimum Gasteiger partial charge on any atom is -0.480 e. The highest BCUT2D eigenvalue weighted by Crippen LogP contribution is 2.34. The van der Waals surface area contributed by atoms with Gasteiger partial charge < -0.3 is 15.1 Å². The van der Waals surface area contributed by atoms with E-state index in [1.807, 2.05) is 18.2 Å². The molecule has 1 fully saturated rings. The van der Waals surface area contributed by atoms with Gasteiger partial charge in [0.25, 0.3) is 0 Å². The molecule has 6 heteroatoms. The molecule has 3 atom stereocenters. The van der Waals surface area contributed by atoms with Crippen LogP contribution in [0.2, 0.25) is 0 Å². The Hall–Kier alpha value is -1.92. The van der Waals surface area contributed by atoms with Gasteiger partial charge in [-0.05, 0) is 37.4 Å². The molecule has 0 bridgehead atoms. The number of nitrogens with zero attached hydrogens (tertiary/aromatic N) is 2. The Kier molecular flexibility index (Phi) is 4.87. The molecule has 1 heterocycles. The summed E-state index contributed by atoms with van der Waals surface area (Å²) < 4.78 is 0. The van der Waals surface area contributed by atoms with Crippen LogP contribution in [-0.2, 0) is 16.0 Å². The lowest BCUT2D eigenvalue weighted by Gasteiger charge is -2.29. The lowest BCUT2D eigenvalue weighted by molar-refractivity contribution is -0.138. The number of carboxylic acids is 1. The summed E-state index contributed by atoms with van der Waals surface area (Å²) in [5.41, 5.74) is 2.34. The quantitative estimate of drug-likeness (QED) is 0.848. The maximum atomic E-state index is 13.0. The predicted molar refractivity (Wildman–Crippen MR) is 88.8 cm³/mol. The van der Waals surface area contributed by atoms with Crippen molar-refractivity contribution in [2.24, 2.45) is 0 Å². The van der Waals surface area contributed by atoms with Crippen molar-refractivity contribution in [2.45, 2.75) is 37.3 Å². The zero-order chi connectivity index (χ0) is 17.3. The van der Waals surface area contributed by atoms with Gasteiger partial charge in [0.1, 0.15) is 0 Å². The largest absolute Gasteiger partial charge is 0.480 e. The van der Waals surface area contributed by atoms with Crippen molar-refractivity contribution < 1.29 is 19.8 Å². The van der Waals surface area contributed by atoms with E-state index in [0.717, 1.165) is 24.8 Å². The van der Waals surface area contributed by atoms with Gasteiger partial charge in [0.2, 0.25) is 5.91 Å². The van der Waals surface area contributed by atoms with E-state index in [4.69, 9.17) is 5.11 Å². The number of carbonyl (C=O) groups is 2. The highest BCUT2D eigenvalue weighted by molar-refractivity contribution is 5.85. The molecule has 2 aliphatic rings. The van der Waals surface area contributed by atoms with Crippen LogP contribution in [0.1, 0.15) is 29.9 Å². The van der Waals surface area contributed by atoms with Gasteiger partial charge in [0, 0.05) is 13.1 Å². The van der Waals surface area contributed by atoms with Crippen LogP contribution in [0.4, 0.5) is 0 Å². The molecular weight excluding hydrogens is 308 g/mol. The number of likely N-dealkylation sites (tertiary alicyclic amines) is 1. The molecule has 130 valence electrons. The molecule has 1 saturated heterocycles. The van der Waals surface area contributed by atoms with Crippen LogP contribution in [0.5, 0.6) is 0 Å². The molecule has 0 aromatic heterocycles. The van der Waals surface area contributed by atoms with E-state index in [0.29, 0.717) is 6.54 Å². The number of aliphatic carboxylic acids is 1. The minimum atomic E-state index is -0.935. The summed E-state index contributed by atoms with van der Waals surface area (Å²) in [5, 5.41) is 19.2. The first-order valence-electron chi connectivity index (χ1n) is 8.44. The molecule has 0 saturated carbocycles. The second kappa shape index (κ2) is 6.91. The minimum absolute atomic E-state index is 0.0485. The number of amides is 1. The van der Waals surface area contributed by atoms with Crippen molar-refractivity contribution in [3.8, 4) is 0 Å². The molecule has 3 rings (SSSR count). The summed E-state index contributed by atoms with van der Waals surface area (Å²) in [4.78, 5) is 27.1. The number of hydrogen-bond acceptors (Lipinski definition) is 4. The first-order valence-corrected chi connectivity index (χ1v) is 8.44. The predicted octanol–water partition coefficient (Wildman–Crippen LogP) is 0.695. The number of rotatable bonds is 4. The first kappa shape index (κ1) is 16.9. The fraction of sp³-hybridized carbons (Fsp3) is 0.556. The monoisotopic (exact) mass is 332 g/mol. The topological polar surface area (TPSA) is 81.1 Å². The third kappa shape index (κ3) is 3.30. The third-order valence-corrected chi connectivity index (χ3v) is 5.19. The molecule has 1 amide bonds. The number of carbonyl (C=O) groups excluding carboxylic acids is 1. The Labute approximate surface area is 141 Å². The molecule has 24 heavy (non-hydrogen) atoms. The van der Waals surface area contributed by atoms with Gasteiger partial charge in [-0.2, -0.15) is 0 Å². The molecule has 0 unspecified atom stereocenters. The number of aliphatic hydroxyl groups is 1. The highest BCUT2D eigenvalue weighted by atomic mass is 16.4. The Morgan fingerprint density at radius 1 is 1.29 bits per heavy atom. The summed E-state index contributed by atoms with van der Waals surface area (Å²) in [6.45, 7) is 0.505. The Morgan fingerprint density at radius 3 is 2.79 bits per heavy atom. The first-order chi connectivity index (χ1) is 11.5.